The van der Waals surface area contributed by atoms with E-state index >= 15 is 0 Å². The average molecular weight is 217 g/mol. The van der Waals surface area contributed by atoms with Gasteiger partial charge in [0.1, 0.15) is 11.7 Å². The monoisotopic (exact) mass is 216 g/mol. The van der Waals surface area contributed by atoms with Crippen LogP contribution in [-0.2, 0) is 18.3 Å². The van der Waals surface area contributed by atoms with E-state index in [0.29, 0.717) is 13.0 Å². The molecule has 0 saturated carbocycles. The molecular weight excluding hydrogens is 204 g/mol. The molecule has 0 fully saturated rings. The lowest BCUT2D eigenvalue weighted by Crippen LogP contribution is -2.31. The third-order valence-corrected chi connectivity index (χ3v) is 1.85. The minimum atomic E-state index is -0.494. The highest BCUT2D eigenvalue weighted by molar-refractivity contribution is 6.30. The summed E-state index contributed by atoms with van der Waals surface area (Å²) in [5.74, 6) is 0.553. The van der Waals surface area contributed by atoms with E-state index in [1.807, 2.05) is 0 Å². The quantitative estimate of drug-likeness (QED) is 0.727. The van der Waals surface area contributed by atoms with E-state index in [0.717, 1.165) is 5.82 Å². The molecule has 0 spiro atoms. The van der Waals surface area contributed by atoms with Gasteiger partial charge in [0.2, 0.25) is 5.91 Å². The van der Waals surface area contributed by atoms with E-state index in [1.165, 1.54) is 0 Å². The third-order valence-electron chi connectivity index (χ3n) is 1.66. The summed E-state index contributed by atoms with van der Waals surface area (Å²) in [4.78, 5) is 15.1. The van der Waals surface area contributed by atoms with E-state index in [1.54, 1.807) is 25.0 Å². The van der Waals surface area contributed by atoms with Crippen molar-refractivity contribution in [1.29, 1.82) is 0 Å². The Morgan fingerprint density at radius 2 is 2.50 bits per heavy atom. The summed E-state index contributed by atoms with van der Waals surface area (Å²) in [7, 11) is 1.80. The average Bonchev–Trinajstić information content (AvgIpc) is 2.51. The van der Waals surface area contributed by atoms with Crippen LogP contribution in [0.25, 0.3) is 0 Å². The van der Waals surface area contributed by atoms with Crippen LogP contribution in [0.3, 0.4) is 0 Å². The zero-order valence-corrected chi connectivity index (χ0v) is 8.95. The number of carbonyl (C=O) groups excluding carboxylic acids is 1. The molecule has 1 N–H and O–H groups in total. The van der Waals surface area contributed by atoms with Gasteiger partial charge < -0.3 is 5.32 Å². The fraction of sp³-hybridized carbons (Fsp3) is 0.625. The Morgan fingerprint density at radius 3 is 3.00 bits per heavy atom. The number of aromatic nitrogens is 3. The molecule has 1 aromatic rings. The maximum absolute atomic E-state index is 11.0. The Morgan fingerprint density at radius 1 is 1.79 bits per heavy atom. The van der Waals surface area contributed by atoms with Crippen molar-refractivity contribution >= 4 is 17.5 Å². The molecule has 0 aliphatic heterocycles. The lowest BCUT2D eigenvalue weighted by Gasteiger charge is -2.03. The number of rotatable bonds is 4. The molecule has 1 aromatic heterocycles. The van der Waals surface area contributed by atoms with Crippen LogP contribution in [0.15, 0.2) is 6.33 Å². The third kappa shape index (κ3) is 3.33. The molecule has 1 amide bonds. The lowest BCUT2D eigenvalue weighted by molar-refractivity contribution is -0.120. The Labute approximate surface area is 87.5 Å². The van der Waals surface area contributed by atoms with Crippen LogP contribution >= 0.6 is 11.6 Å². The lowest BCUT2D eigenvalue weighted by atomic mass is 10.4. The molecule has 0 aromatic carbocycles. The summed E-state index contributed by atoms with van der Waals surface area (Å²) in [5.41, 5.74) is 0. The molecule has 1 unspecified atom stereocenters. The first-order chi connectivity index (χ1) is 6.59. The van der Waals surface area contributed by atoms with Crippen LogP contribution in [-0.4, -0.2) is 32.6 Å². The van der Waals surface area contributed by atoms with Crippen LogP contribution in [0.1, 0.15) is 12.7 Å². The van der Waals surface area contributed by atoms with Crippen LogP contribution in [0.4, 0.5) is 0 Å². The number of hydrogen-bond donors (Lipinski definition) is 1. The van der Waals surface area contributed by atoms with Crippen molar-refractivity contribution in [2.45, 2.75) is 18.7 Å². The van der Waals surface area contributed by atoms with E-state index in [-0.39, 0.29) is 5.91 Å². The summed E-state index contributed by atoms with van der Waals surface area (Å²) >= 11 is 5.57. The van der Waals surface area contributed by atoms with Gasteiger partial charge in [-0.05, 0) is 6.92 Å². The summed E-state index contributed by atoms with van der Waals surface area (Å²) in [6, 6.07) is 0. The van der Waals surface area contributed by atoms with Gasteiger partial charge in [-0.15, -0.1) is 11.6 Å². The number of alkyl halides is 1. The number of nitrogens with one attached hydrogen (secondary N) is 1. The van der Waals surface area contributed by atoms with Gasteiger partial charge in [0.15, 0.2) is 5.82 Å². The normalized spacial score (nSPS) is 12.5. The van der Waals surface area contributed by atoms with Gasteiger partial charge in [-0.2, -0.15) is 5.10 Å². The van der Waals surface area contributed by atoms with Crippen LogP contribution in [0.2, 0.25) is 0 Å². The molecular formula is C8H13ClN4O. The predicted octanol–water partition coefficient (Wildman–Crippen LogP) is 0.101. The highest BCUT2D eigenvalue weighted by Gasteiger charge is 2.07. The highest BCUT2D eigenvalue weighted by atomic mass is 35.5. The van der Waals surface area contributed by atoms with Gasteiger partial charge in [0.05, 0.1) is 0 Å². The van der Waals surface area contributed by atoms with Crippen LogP contribution in [0, 0.1) is 0 Å². The molecule has 0 radical (unpaired) electrons. The Balaban J connectivity index is 2.25. The Kier molecular flexibility index (Phi) is 3.88. The molecule has 0 aliphatic carbocycles. The van der Waals surface area contributed by atoms with E-state index in [2.05, 4.69) is 15.4 Å². The Bertz CT molecular complexity index is 310. The summed E-state index contributed by atoms with van der Waals surface area (Å²) < 4.78 is 1.63. The SMILES string of the molecule is CC(Cl)C(=O)NCCc1ncn(C)n1. The first kappa shape index (κ1) is 11.0. The summed E-state index contributed by atoms with van der Waals surface area (Å²) in [5, 5.41) is 6.26. The van der Waals surface area contributed by atoms with Gasteiger partial charge in [-0.3, -0.25) is 9.48 Å². The van der Waals surface area contributed by atoms with Gasteiger partial charge in [0, 0.05) is 20.0 Å². The fourth-order valence-electron chi connectivity index (χ4n) is 0.937. The predicted molar refractivity (Wildman–Crippen MR) is 53.0 cm³/mol. The maximum atomic E-state index is 11.0. The second-order valence-electron chi connectivity index (χ2n) is 2.99. The van der Waals surface area contributed by atoms with E-state index in [4.69, 9.17) is 11.6 Å². The smallest absolute Gasteiger partial charge is 0.237 e. The molecule has 6 heteroatoms. The molecule has 78 valence electrons. The second-order valence-corrected chi connectivity index (χ2v) is 3.65. The standard InChI is InChI=1S/C8H13ClN4O/c1-6(9)8(14)10-4-3-7-11-5-13(2)12-7/h5-6H,3-4H2,1-2H3,(H,10,14). The number of carbonyl (C=O) groups is 1. The fourth-order valence-corrected chi connectivity index (χ4v) is 1.01. The van der Waals surface area contributed by atoms with Gasteiger partial charge >= 0.3 is 0 Å². The molecule has 1 atom stereocenters. The van der Waals surface area contributed by atoms with Crippen LogP contribution < -0.4 is 5.32 Å². The topological polar surface area (TPSA) is 59.8 Å². The van der Waals surface area contributed by atoms with Crippen molar-refractivity contribution < 1.29 is 4.79 Å². The van der Waals surface area contributed by atoms with Crippen molar-refractivity contribution in [2.24, 2.45) is 7.05 Å². The van der Waals surface area contributed by atoms with Crippen LogP contribution in [0.5, 0.6) is 0 Å². The minimum Gasteiger partial charge on any atom is -0.354 e. The molecule has 0 aliphatic rings. The van der Waals surface area contributed by atoms with Crippen molar-refractivity contribution in [3.8, 4) is 0 Å². The van der Waals surface area contributed by atoms with Crippen molar-refractivity contribution in [2.75, 3.05) is 6.54 Å². The van der Waals surface area contributed by atoms with E-state index < -0.39 is 5.38 Å². The molecule has 0 bridgehead atoms. The number of amides is 1. The van der Waals surface area contributed by atoms with E-state index in [9.17, 15) is 4.79 Å². The molecule has 5 nitrogen and oxygen atoms in total. The van der Waals surface area contributed by atoms with Gasteiger partial charge in [0.25, 0.3) is 0 Å². The zero-order chi connectivity index (χ0) is 10.6. The maximum Gasteiger partial charge on any atom is 0.237 e. The van der Waals surface area contributed by atoms with Crippen molar-refractivity contribution in [1.82, 2.24) is 20.1 Å². The molecule has 0 saturated heterocycles. The van der Waals surface area contributed by atoms with Gasteiger partial charge in [-0.25, -0.2) is 4.98 Å². The molecule has 1 heterocycles. The largest absolute Gasteiger partial charge is 0.354 e. The first-order valence-corrected chi connectivity index (χ1v) is 4.79. The second kappa shape index (κ2) is 4.95. The summed E-state index contributed by atoms with van der Waals surface area (Å²) in [6.07, 6.45) is 2.25. The number of nitrogens with zero attached hydrogens (tertiary/aromatic N) is 3. The van der Waals surface area contributed by atoms with Crippen molar-refractivity contribution in [3.05, 3.63) is 12.2 Å². The Hall–Kier alpha value is -1.10. The van der Waals surface area contributed by atoms with Gasteiger partial charge in [-0.1, -0.05) is 0 Å². The zero-order valence-electron chi connectivity index (χ0n) is 8.20. The first-order valence-electron chi connectivity index (χ1n) is 4.36. The number of aryl methyl sites for hydroxylation is 1. The highest BCUT2D eigenvalue weighted by Crippen LogP contribution is 1.93. The number of hydrogen-bond acceptors (Lipinski definition) is 3. The summed E-state index contributed by atoms with van der Waals surface area (Å²) in [6.45, 7) is 2.15. The minimum absolute atomic E-state index is 0.164. The van der Waals surface area contributed by atoms with Crippen molar-refractivity contribution in [3.63, 3.8) is 0 Å². The number of halogens is 1. The molecule has 1 rings (SSSR count). The molecule has 14 heavy (non-hydrogen) atoms.